The first-order chi connectivity index (χ1) is 11.8. The largest absolute Gasteiger partial charge is 0.325 e. The van der Waals surface area contributed by atoms with Crippen molar-refractivity contribution in [1.82, 2.24) is 10.2 Å². The minimum atomic E-state index is -0.868. The monoisotopic (exact) mass is 383 g/mol. The van der Waals surface area contributed by atoms with Crippen molar-refractivity contribution in [3.05, 3.63) is 28.2 Å². The molecule has 8 heteroatoms. The smallest absolute Gasteiger partial charge is 0.323 e. The Morgan fingerprint density at radius 2 is 2.12 bits per heavy atom. The molecule has 4 amide bonds. The number of nitrogens with one attached hydrogen (secondary N) is 2. The number of carbonyl (C=O) groups is 3. The molecule has 0 unspecified atom stereocenters. The van der Waals surface area contributed by atoms with Crippen LogP contribution in [-0.2, 0) is 9.59 Å². The van der Waals surface area contributed by atoms with Gasteiger partial charge in [-0.05, 0) is 37.0 Å². The van der Waals surface area contributed by atoms with Gasteiger partial charge in [-0.1, -0.05) is 43.0 Å². The summed E-state index contributed by atoms with van der Waals surface area (Å²) >= 11 is 11.8. The summed E-state index contributed by atoms with van der Waals surface area (Å²) in [5, 5.41) is 6.16. The Bertz CT molecular complexity index is 740. The molecular weight excluding hydrogens is 365 g/mol. The van der Waals surface area contributed by atoms with Crippen molar-refractivity contribution >= 4 is 46.7 Å². The Labute approximate surface area is 155 Å². The van der Waals surface area contributed by atoms with E-state index >= 15 is 0 Å². The molecule has 0 aromatic heterocycles. The number of hydrogen-bond donors (Lipinski definition) is 2. The van der Waals surface area contributed by atoms with E-state index in [1.807, 2.05) is 6.92 Å². The van der Waals surface area contributed by atoms with Crippen LogP contribution in [0.1, 0.15) is 32.6 Å². The van der Waals surface area contributed by atoms with E-state index in [2.05, 4.69) is 10.6 Å². The van der Waals surface area contributed by atoms with Gasteiger partial charge in [-0.25, -0.2) is 4.79 Å². The van der Waals surface area contributed by atoms with Crippen molar-refractivity contribution in [2.45, 2.75) is 38.1 Å². The topological polar surface area (TPSA) is 78.5 Å². The van der Waals surface area contributed by atoms with E-state index in [-0.39, 0.29) is 23.4 Å². The minimum Gasteiger partial charge on any atom is -0.323 e. The first-order valence-electron chi connectivity index (χ1n) is 8.22. The van der Waals surface area contributed by atoms with E-state index in [9.17, 15) is 14.4 Å². The van der Waals surface area contributed by atoms with E-state index in [1.165, 1.54) is 6.07 Å². The van der Waals surface area contributed by atoms with Crippen LogP contribution in [0.2, 0.25) is 10.0 Å². The highest BCUT2D eigenvalue weighted by Crippen LogP contribution is 2.38. The molecule has 6 nitrogen and oxygen atoms in total. The molecule has 25 heavy (non-hydrogen) atoms. The van der Waals surface area contributed by atoms with Gasteiger partial charge in [-0.2, -0.15) is 0 Å². The number of hydrogen-bond acceptors (Lipinski definition) is 3. The SMILES string of the molecule is C[C@@H]1CCCC[C@]12NC(=O)N(CC(=O)Nc1ccc(Cl)cc1Cl)C2=O. The van der Waals surface area contributed by atoms with Gasteiger partial charge >= 0.3 is 6.03 Å². The Balaban J connectivity index is 1.71. The third-order valence-electron chi connectivity index (χ3n) is 5.01. The lowest BCUT2D eigenvalue weighted by Crippen LogP contribution is -2.54. The summed E-state index contributed by atoms with van der Waals surface area (Å²) < 4.78 is 0. The maximum atomic E-state index is 12.8. The molecule has 0 radical (unpaired) electrons. The lowest BCUT2D eigenvalue weighted by atomic mass is 9.73. The van der Waals surface area contributed by atoms with Gasteiger partial charge in [0.25, 0.3) is 5.91 Å². The minimum absolute atomic E-state index is 0.0523. The van der Waals surface area contributed by atoms with Crippen LogP contribution in [0.25, 0.3) is 0 Å². The number of urea groups is 1. The zero-order chi connectivity index (χ0) is 18.2. The van der Waals surface area contributed by atoms with Gasteiger partial charge in [0.2, 0.25) is 5.91 Å². The van der Waals surface area contributed by atoms with Crippen LogP contribution in [0.5, 0.6) is 0 Å². The number of benzene rings is 1. The molecule has 1 aromatic carbocycles. The van der Waals surface area contributed by atoms with Crippen LogP contribution >= 0.6 is 23.2 Å². The lowest BCUT2D eigenvalue weighted by Gasteiger charge is -2.36. The Morgan fingerprint density at radius 1 is 1.36 bits per heavy atom. The first kappa shape index (κ1) is 18.0. The third-order valence-corrected chi connectivity index (χ3v) is 5.56. The molecule has 1 heterocycles. The van der Waals surface area contributed by atoms with Crippen LogP contribution in [0.3, 0.4) is 0 Å². The van der Waals surface area contributed by atoms with Crippen LogP contribution in [-0.4, -0.2) is 34.8 Å². The zero-order valence-electron chi connectivity index (χ0n) is 13.8. The molecule has 1 spiro atoms. The quantitative estimate of drug-likeness (QED) is 0.784. The Hall–Kier alpha value is -1.79. The zero-order valence-corrected chi connectivity index (χ0v) is 15.3. The molecule has 0 bridgehead atoms. The normalized spacial score (nSPS) is 26.0. The number of carbonyl (C=O) groups excluding carboxylic acids is 3. The van der Waals surface area contributed by atoms with E-state index in [4.69, 9.17) is 23.2 Å². The standard InChI is InChI=1S/C17H19Cl2N3O3/c1-10-4-2-3-7-17(10)15(24)22(16(25)21-17)9-14(23)20-13-6-5-11(18)8-12(13)19/h5-6,8,10H,2-4,7,9H2,1H3,(H,20,23)(H,21,25)/t10-,17+/m1/s1. The summed E-state index contributed by atoms with van der Waals surface area (Å²) in [6.07, 6.45) is 3.42. The maximum absolute atomic E-state index is 12.8. The second-order valence-corrected chi connectivity index (χ2v) is 7.46. The van der Waals surface area contributed by atoms with Gasteiger partial charge < -0.3 is 10.6 Å². The molecule has 1 aromatic rings. The van der Waals surface area contributed by atoms with Gasteiger partial charge in [0.15, 0.2) is 0 Å². The highest BCUT2D eigenvalue weighted by Gasteiger charge is 2.55. The van der Waals surface area contributed by atoms with Crippen LogP contribution < -0.4 is 10.6 Å². The average Bonchev–Trinajstić information content (AvgIpc) is 2.78. The van der Waals surface area contributed by atoms with Crippen molar-refractivity contribution < 1.29 is 14.4 Å². The predicted molar refractivity (Wildman–Crippen MR) is 95.7 cm³/mol. The number of amides is 4. The van der Waals surface area contributed by atoms with Crippen LogP contribution in [0.15, 0.2) is 18.2 Å². The second kappa shape index (κ2) is 6.84. The van der Waals surface area contributed by atoms with E-state index in [0.717, 1.165) is 24.2 Å². The van der Waals surface area contributed by atoms with E-state index in [0.29, 0.717) is 17.1 Å². The highest BCUT2D eigenvalue weighted by atomic mass is 35.5. The predicted octanol–water partition coefficient (Wildman–Crippen LogP) is 3.43. The lowest BCUT2D eigenvalue weighted by molar-refractivity contribution is -0.136. The van der Waals surface area contributed by atoms with Crippen molar-refractivity contribution in [2.75, 3.05) is 11.9 Å². The molecule has 2 atom stereocenters. The highest BCUT2D eigenvalue weighted by molar-refractivity contribution is 6.36. The summed E-state index contributed by atoms with van der Waals surface area (Å²) in [6, 6.07) is 4.15. The number of rotatable bonds is 3. The van der Waals surface area contributed by atoms with Gasteiger partial charge in [-0.3, -0.25) is 14.5 Å². The molecule has 3 rings (SSSR count). The third kappa shape index (κ3) is 3.33. The summed E-state index contributed by atoms with van der Waals surface area (Å²) in [7, 11) is 0. The Kier molecular flexibility index (Phi) is 4.93. The molecule has 1 saturated heterocycles. The maximum Gasteiger partial charge on any atom is 0.325 e. The van der Waals surface area contributed by atoms with Crippen molar-refractivity contribution in [2.24, 2.45) is 5.92 Å². The average molecular weight is 384 g/mol. The van der Waals surface area contributed by atoms with Crippen molar-refractivity contribution in [3.63, 3.8) is 0 Å². The molecule has 134 valence electrons. The van der Waals surface area contributed by atoms with Gasteiger partial charge in [0.1, 0.15) is 12.1 Å². The van der Waals surface area contributed by atoms with Crippen molar-refractivity contribution in [3.8, 4) is 0 Å². The van der Waals surface area contributed by atoms with Crippen molar-refractivity contribution in [1.29, 1.82) is 0 Å². The number of anilines is 1. The first-order valence-corrected chi connectivity index (χ1v) is 8.98. The molecule has 2 aliphatic rings. The molecule has 2 fully saturated rings. The number of halogens is 2. The van der Waals surface area contributed by atoms with Crippen LogP contribution in [0, 0.1) is 5.92 Å². The van der Waals surface area contributed by atoms with E-state index < -0.39 is 17.5 Å². The molecule has 1 aliphatic heterocycles. The Morgan fingerprint density at radius 3 is 2.80 bits per heavy atom. The summed E-state index contributed by atoms with van der Waals surface area (Å²) in [5.74, 6) is -0.758. The molecule has 1 saturated carbocycles. The summed E-state index contributed by atoms with van der Waals surface area (Å²) in [6.45, 7) is 1.62. The fourth-order valence-corrected chi connectivity index (χ4v) is 4.02. The number of imide groups is 1. The fraction of sp³-hybridized carbons (Fsp3) is 0.471. The van der Waals surface area contributed by atoms with Gasteiger partial charge in [-0.15, -0.1) is 0 Å². The summed E-state index contributed by atoms with van der Waals surface area (Å²) in [5.41, 5.74) is -0.489. The van der Waals surface area contributed by atoms with Gasteiger partial charge in [0.05, 0.1) is 10.7 Å². The van der Waals surface area contributed by atoms with Gasteiger partial charge in [0, 0.05) is 5.02 Å². The molecule has 1 aliphatic carbocycles. The summed E-state index contributed by atoms with van der Waals surface area (Å²) in [4.78, 5) is 38.4. The second-order valence-electron chi connectivity index (χ2n) is 6.61. The molecule has 2 N–H and O–H groups in total. The fourth-order valence-electron chi connectivity index (χ4n) is 3.56. The number of nitrogens with zero attached hydrogens (tertiary/aromatic N) is 1. The van der Waals surface area contributed by atoms with E-state index in [1.54, 1.807) is 12.1 Å². The van der Waals surface area contributed by atoms with Crippen LogP contribution in [0.4, 0.5) is 10.5 Å². The molecular formula is C17H19Cl2N3O3.